The van der Waals surface area contributed by atoms with Crippen LogP contribution in [0.1, 0.15) is 59.8 Å². The summed E-state index contributed by atoms with van der Waals surface area (Å²) in [5.41, 5.74) is -4.51. The molecule has 2 atom stereocenters. The molecule has 0 radical (unpaired) electrons. The predicted octanol–water partition coefficient (Wildman–Crippen LogP) is 9.71. The molecule has 0 fully saturated rings. The number of esters is 1. The van der Waals surface area contributed by atoms with E-state index >= 15 is 8.78 Å². The molecule has 4 rings (SSSR count). The zero-order valence-electron chi connectivity index (χ0n) is 26.2. The molecular formula is C37H36BrF2O6P. The number of carbonyl (C=O) groups is 2. The Labute approximate surface area is 282 Å². The van der Waals surface area contributed by atoms with Crippen molar-refractivity contribution in [3.63, 3.8) is 0 Å². The number of ketones is 1. The molecule has 1 N–H and O–H groups in total. The fourth-order valence-corrected chi connectivity index (χ4v) is 6.73. The van der Waals surface area contributed by atoms with Crippen LogP contribution in [0.2, 0.25) is 0 Å². The van der Waals surface area contributed by atoms with Crippen LogP contribution in [0.25, 0.3) is 6.08 Å². The van der Waals surface area contributed by atoms with Crippen LogP contribution in [0.5, 0.6) is 0 Å². The van der Waals surface area contributed by atoms with E-state index in [9.17, 15) is 19.0 Å². The van der Waals surface area contributed by atoms with Gasteiger partial charge in [0.1, 0.15) is 0 Å². The molecule has 0 amide bonds. The average Bonchev–Trinajstić information content (AvgIpc) is 3.04. The first-order valence-electron chi connectivity index (χ1n) is 14.9. The Morgan fingerprint density at radius 3 is 2.02 bits per heavy atom. The van der Waals surface area contributed by atoms with Crippen molar-refractivity contribution in [2.45, 2.75) is 44.7 Å². The third kappa shape index (κ3) is 8.59. The molecule has 0 bridgehead atoms. The second-order valence-corrected chi connectivity index (χ2v) is 14.9. The van der Waals surface area contributed by atoms with Crippen LogP contribution in [0.4, 0.5) is 8.78 Å². The molecule has 0 aliphatic rings. The summed E-state index contributed by atoms with van der Waals surface area (Å²) in [6, 6.07) is 31.7. The minimum atomic E-state index is -5.66. The Balaban J connectivity index is 1.71. The number of halogens is 3. The Hall–Kier alpha value is -3.75. The van der Waals surface area contributed by atoms with Gasteiger partial charge in [-0.2, -0.15) is 8.78 Å². The van der Waals surface area contributed by atoms with Crippen LogP contribution in [0, 0.1) is 5.41 Å². The summed E-state index contributed by atoms with van der Waals surface area (Å²) in [6.07, 6.45) is 4.30. The summed E-state index contributed by atoms with van der Waals surface area (Å²) in [5.74, 6) is -0.928. The molecule has 47 heavy (non-hydrogen) atoms. The van der Waals surface area contributed by atoms with E-state index < -0.39 is 42.4 Å². The topological polar surface area (TPSA) is 89.9 Å². The van der Waals surface area contributed by atoms with Crippen molar-refractivity contribution in [2.24, 2.45) is 5.41 Å². The first kappa shape index (κ1) is 36.1. The normalized spacial score (nSPS) is 14.7. The SMILES string of the molecule is CC(C)(C)C(=O)OCOP(=O)(O)C(F)(F)c1ccc(CC(CC=Cc2ccccc2)(C(=O)c2ccccc2)c2ccccc2)cc1Br. The van der Waals surface area contributed by atoms with Crippen LogP contribution in [-0.2, 0) is 36.1 Å². The van der Waals surface area contributed by atoms with Gasteiger partial charge < -0.3 is 9.63 Å². The van der Waals surface area contributed by atoms with E-state index in [0.29, 0.717) is 17.5 Å². The minimum absolute atomic E-state index is 0.129. The van der Waals surface area contributed by atoms with Crippen molar-refractivity contribution >= 4 is 41.4 Å². The van der Waals surface area contributed by atoms with E-state index in [1.807, 2.05) is 78.9 Å². The molecule has 0 spiro atoms. The van der Waals surface area contributed by atoms with Gasteiger partial charge in [0.15, 0.2) is 5.78 Å². The van der Waals surface area contributed by atoms with Gasteiger partial charge in [-0.3, -0.25) is 18.7 Å². The van der Waals surface area contributed by atoms with E-state index in [0.717, 1.165) is 17.2 Å². The first-order valence-corrected chi connectivity index (χ1v) is 17.2. The number of hydrogen-bond acceptors (Lipinski definition) is 5. The van der Waals surface area contributed by atoms with E-state index in [1.54, 1.807) is 45.0 Å². The fraction of sp³-hybridized carbons (Fsp3) is 0.243. The lowest BCUT2D eigenvalue weighted by Gasteiger charge is -2.33. The molecule has 0 aliphatic heterocycles. The molecule has 6 nitrogen and oxygen atoms in total. The maximum atomic E-state index is 15.5. The molecule has 0 aliphatic carbocycles. The van der Waals surface area contributed by atoms with Crippen LogP contribution >= 0.6 is 23.5 Å². The van der Waals surface area contributed by atoms with Crippen molar-refractivity contribution in [3.05, 3.63) is 148 Å². The number of hydrogen-bond donors (Lipinski definition) is 1. The van der Waals surface area contributed by atoms with Crippen molar-refractivity contribution < 1.29 is 37.1 Å². The second-order valence-electron chi connectivity index (χ2n) is 12.1. The average molecular weight is 726 g/mol. The molecular weight excluding hydrogens is 689 g/mol. The molecule has 10 heteroatoms. The zero-order valence-corrected chi connectivity index (χ0v) is 28.7. The van der Waals surface area contributed by atoms with Crippen molar-refractivity contribution in [1.82, 2.24) is 0 Å². The molecule has 0 heterocycles. The highest BCUT2D eigenvalue weighted by Crippen LogP contribution is 2.64. The summed E-state index contributed by atoms with van der Waals surface area (Å²) in [5, 5.41) is 0. The van der Waals surface area contributed by atoms with E-state index in [-0.39, 0.29) is 16.7 Å². The van der Waals surface area contributed by atoms with Crippen molar-refractivity contribution in [1.29, 1.82) is 0 Å². The smallest absolute Gasteiger partial charge is 0.404 e. The van der Waals surface area contributed by atoms with Crippen molar-refractivity contribution in [3.8, 4) is 0 Å². The van der Waals surface area contributed by atoms with Crippen molar-refractivity contribution in [2.75, 3.05) is 6.79 Å². The Morgan fingerprint density at radius 1 is 0.872 bits per heavy atom. The molecule has 4 aromatic carbocycles. The summed E-state index contributed by atoms with van der Waals surface area (Å²) in [7, 11) is -5.66. The number of carbonyl (C=O) groups excluding carboxylic acids is 2. The fourth-order valence-electron chi connectivity index (χ4n) is 5.04. The van der Waals surface area contributed by atoms with Gasteiger partial charge in [-0.15, -0.1) is 0 Å². The highest BCUT2D eigenvalue weighted by atomic mass is 79.9. The number of rotatable bonds is 13. The van der Waals surface area contributed by atoms with Crippen LogP contribution < -0.4 is 0 Å². The quantitative estimate of drug-likeness (QED) is 0.0639. The molecule has 246 valence electrons. The molecule has 0 saturated heterocycles. The largest absolute Gasteiger partial charge is 0.438 e. The summed E-state index contributed by atoms with van der Waals surface area (Å²) in [4.78, 5) is 36.7. The van der Waals surface area contributed by atoms with Gasteiger partial charge in [0.25, 0.3) is 0 Å². The molecule has 2 unspecified atom stereocenters. The summed E-state index contributed by atoms with van der Waals surface area (Å²) < 4.78 is 52.9. The molecule has 4 aromatic rings. The minimum Gasteiger partial charge on any atom is -0.438 e. The molecule has 0 aromatic heterocycles. The van der Waals surface area contributed by atoms with E-state index in [4.69, 9.17) is 4.74 Å². The lowest BCUT2D eigenvalue weighted by Crippen LogP contribution is -2.38. The summed E-state index contributed by atoms with van der Waals surface area (Å²) >= 11 is 3.17. The third-order valence-electron chi connectivity index (χ3n) is 7.62. The highest BCUT2D eigenvalue weighted by molar-refractivity contribution is 9.10. The second kappa shape index (κ2) is 15.0. The maximum absolute atomic E-state index is 15.5. The first-order chi connectivity index (χ1) is 22.2. The van der Waals surface area contributed by atoms with Gasteiger partial charge in [0, 0.05) is 15.6 Å². The number of benzene rings is 4. The Morgan fingerprint density at radius 2 is 1.45 bits per heavy atom. The van der Waals surface area contributed by atoms with Gasteiger partial charge in [0.2, 0.25) is 6.79 Å². The van der Waals surface area contributed by atoms with Gasteiger partial charge in [-0.05, 0) is 56.4 Å². The lowest BCUT2D eigenvalue weighted by molar-refractivity contribution is -0.160. The van der Waals surface area contributed by atoms with Gasteiger partial charge in [-0.25, -0.2) is 0 Å². The van der Waals surface area contributed by atoms with Gasteiger partial charge >= 0.3 is 19.2 Å². The number of allylic oxidation sites excluding steroid dienone is 1. The zero-order chi connectivity index (χ0) is 34.3. The monoisotopic (exact) mass is 724 g/mol. The number of alkyl halides is 2. The Bertz CT molecular complexity index is 1760. The van der Waals surface area contributed by atoms with E-state index in [2.05, 4.69) is 20.5 Å². The standard InChI is InChI=1S/C37H36BrF2O6P/c1-35(2,3)34(42)45-26-46-47(43,44)37(39,40)31-22-21-28(24-32(31)38)25-36(30-19-11-6-12-20-30,33(41)29-17-9-5-10-18-29)23-13-16-27-14-7-4-8-15-27/h4-22,24H,23,25-26H2,1-3H3,(H,43,44). The summed E-state index contributed by atoms with van der Waals surface area (Å²) in [6.45, 7) is 3.51. The maximum Gasteiger partial charge on any atom is 0.404 e. The Kier molecular flexibility index (Phi) is 11.5. The van der Waals surface area contributed by atoms with Crippen LogP contribution in [0.3, 0.4) is 0 Å². The highest BCUT2D eigenvalue weighted by Gasteiger charge is 2.54. The van der Waals surface area contributed by atoms with Crippen LogP contribution in [0.15, 0.2) is 120 Å². The lowest BCUT2D eigenvalue weighted by atomic mass is 9.68. The predicted molar refractivity (Wildman–Crippen MR) is 182 cm³/mol. The third-order valence-corrected chi connectivity index (χ3v) is 9.68. The number of Topliss-reactive ketones (excluding diaryl/α,β-unsaturated/α-hetero) is 1. The number of ether oxygens (including phenoxy) is 1. The van der Waals surface area contributed by atoms with Crippen LogP contribution in [-0.4, -0.2) is 23.4 Å². The van der Waals surface area contributed by atoms with Gasteiger partial charge in [0.05, 0.1) is 10.8 Å². The van der Waals surface area contributed by atoms with E-state index in [1.165, 1.54) is 12.1 Å². The van der Waals surface area contributed by atoms with Gasteiger partial charge in [-0.1, -0.05) is 131 Å². The molecule has 0 saturated carbocycles.